The second-order valence-corrected chi connectivity index (χ2v) is 5.90. The molecule has 8 heteroatoms. The molecule has 0 atom stereocenters. The van der Waals surface area contributed by atoms with Crippen molar-refractivity contribution in [2.45, 2.75) is 6.92 Å². The largest absolute Gasteiger partial charge is 0.397 e. The maximum absolute atomic E-state index is 6.13. The Bertz CT molecular complexity index is 1100. The first-order chi connectivity index (χ1) is 12.6. The summed E-state index contributed by atoms with van der Waals surface area (Å²) in [4.78, 5) is 9.15. The summed E-state index contributed by atoms with van der Waals surface area (Å²) in [5.41, 5.74) is 19.9. The van der Waals surface area contributed by atoms with E-state index in [2.05, 4.69) is 20.5 Å². The Labute approximate surface area is 149 Å². The van der Waals surface area contributed by atoms with E-state index in [1.807, 2.05) is 55.5 Å². The molecule has 0 saturated carbocycles. The Morgan fingerprint density at radius 3 is 2.42 bits per heavy atom. The molecule has 0 fully saturated rings. The maximum Gasteiger partial charge on any atom is 0.223 e. The molecule has 0 amide bonds. The summed E-state index contributed by atoms with van der Waals surface area (Å²) in [5.74, 6) is 6.37. The lowest BCUT2D eigenvalue weighted by Gasteiger charge is -2.13. The van der Waals surface area contributed by atoms with Gasteiger partial charge in [-0.3, -0.25) is 5.84 Å². The van der Waals surface area contributed by atoms with E-state index in [1.54, 1.807) is 4.52 Å². The number of nitrogen functional groups attached to an aromatic ring is 3. The molecule has 0 aliphatic rings. The van der Waals surface area contributed by atoms with Gasteiger partial charge in [-0.05, 0) is 24.6 Å². The molecule has 4 aromatic rings. The van der Waals surface area contributed by atoms with Crippen molar-refractivity contribution in [2.24, 2.45) is 5.84 Å². The van der Waals surface area contributed by atoms with Crippen LogP contribution in [0.15, 0.2) is 48.5 Å². The number of fused-ring (bicyclic) bond motifs is 1. The fourth-order valence-corrected chi connectivity index (χ4v) is 2.98. The van der Waals surface area contributed by atoms with Gasteiger partial charge in [-0.2, -0.15) is 4.52 Å². The van der Waals surface area contributed by atoms with Crippen molar-refractivity contribution >= 4 is 23.0 Å². The zero-order valence-electron chi connectivity index (χ0n) is 14.1. The number of aryl methyl sites for hydroxylation is 1. The van der Waals surface area contributed by atoms with Crippen LogP contribution in [-0.2, 0) is 0 Å². The van der Waals surface area contributed by atoms with Gasteiger partial charge in [0.1, 0.15) is 5.82 Å². The van der Waals surface area contributed by atoms with E-state index >= 15 is 0 Å². The Kier molecular flexibility index (Phi) is 3.67. The minimum atomic E-state index is 0.274. The molecule has 8 nitrogen and oxygen atoms in total. The zero-order chi connectivity index (χ0) is 18.3. The number of aromatic nitrogens is 4. The van der Waals surface area contributed by atoms with Gasteiger partial charge in [-0.1, -0.05) is 36.4 Å². The van der Waals surface area contributed by atoms with E-state index in [0.29, 0.717) is 22.8 Å². The van der Waals surface area contributed by atoms with Crippen molar-refractivity contribution in [2.75, 3.05) is 16.9 Å². The Hall–Kier alpha value is -3.65. The van der Waals surface area contributed by atoms with Gasteiger partial charge in [0.05, 0.1) is 22.6 Å². The normalized spacial score (nSPS) is 11.0. The van der Waals surface area contributed by atoms with Crippen LogP contribution in [0.5, 0.6) is 0 Å². The van der Waals surface area contributed by atoms with Crippen LogP contribution in [0.1, 0.15) is 5.82 Å². The highest BCUT2D eigenvalue weighted by molar-refractivity contribution is 5.92. The highest BCUT2D eigenvalue weighted by atomic mass is 15.3. The molecule has 0 spiro atoms. The van der Waals surface area contributed by atoms with Gasteiger partial charge in [0.15, 0.2) is 5.65 Å². The van der Waals surface area contributed by atoms with E-state index in [-0.39, 0.29) is 5.95 Å². The van der Waals surface area contributed by atoms with Crippen LogP contribution in [0.25, 0.3) is 28.0 Å². The third-order valence-electron chi connectivity index (χ3n) is 4.16. The van der Waals surface area contributed by atoms with Gasteiger partial charge in [0.25, 0.3) is 0 Å². The summed E-state index contributed by atoms with van der Waals surface area (Å²) in [6, 6.07) is 15.4. The molecule has 2 heterocycles. The molecule has 4 rings (SSSR count). The number of anilines is 3. The third-order valence-corrected chi connectivity index (χ3v) is 4.16. The summed E-state index contributed by atoms with van der Waals surface area (Å²) in [5, 5.41) is 4.34. The third kappa shape index (κ3) is 2.49. The molecule has 2 aromatic heterocycles. The van der Waals surface area contributed by atoms with Gasteiger partial charge in [0, 0.05) is 5.56 Å². The predicted octanol–water partition coefficient (Wildman–Crippen LogP) is 2.22. The fraction of sp³-hybridized carbons (Fsp3) is 0.0556. The summed E-state index contributed by atoms with van der Waals surface area (Å²) in [7, 11) is 0. The monoisotopic (exact) mass is 346 g/mol. The first kappa shape index (κ1) is 15.9. The van der Waals surface area contributed by atoms with Crippen LogP contribution in [0, 0.1) is 6.92 Å². The minimum absolute atomic E-state index is 0.274. The predicted molar refractivity (Wildman–Crippen MR) is 103 cm³/mol. The topological polar surface area (TPSA) is 133 Å². The van der Waals surface area contributed by atoms with Crippen molar-refractivity contribution in [3.8, 4) is 22.4 Å². The van der Waals surface area contributed by atoms with Crippen LogP contribution < -0.4 is 22.7 Å². The lowest BCUT2D eigenvalue weighted by atomic mass is 9.99. The van der Waals surface area contributed by atoms with Crippen molar-refractivity contribution in [1.29, 1.82) is 0 Å². The van der Waals surface area contributed by atoms with Gasteiger partial charge in [-0.25, -0.2) is 9.97 Å². The number of nitrogens with zero attached hydrogens (tertiary/aromatic N) is 4. The number of hydrogen-bond acceptors (Lipinski definition) is 7. The average Bonchev–Trinajstić information content (AvgIpc) is 3.04. The van der Waals surface area contributed by atoms with Gasteiger partial charge < -0.3 is 16.9 Å². The molecule has 7 N–H and O–H groups in total. The van der Waals surface area contributed by atoms with E-state index in [0.717, 1.165) is 22.4 Å². The highest BCUT2D eigenvalue weighted by Crippen LogP contribution is 2.36. The molecule has 0 radical (unpaired) electrons. The maximum atomic E-state index is 6.13. The first-order valence-corrected chi connectivity index (χ1v) is 8.03. The van der Waals surface area contributed by atoms with Gasteiger partial charge in [-0.15, -0.1) is 5.10 Å². The number of rotatable bonds is 3. The summed E-state index contributed by atoms with van der Waals surface area (Å²) in [6.07, 6.45) is 0. The lowest BCUT2D eigenvalue weighted by Crippen LogP contribution is -2.09. The van der Waals surface area contributed by atoms with Crippen molar-refractivity contribution < 1.29 is 0 Å². The van der Waals surface area contributed by atoms with Crippen LogP contribution in [-0.4, -0.2) is 19.6 Å². The Morgan fingerprint density at radius 1 is 0.962 bits per heavy atom. The number of hydrogen-bond donors (Lipinski definition) is 4. The van der Waals surface area contributed by atoms with E-state index in [9.17, 15) is 0 Å². The Morgan fingerprint density at radius 2 is 1.73 bits per heavy atom. The van der Waals surface area contributed by atoms with Crippen molar-refractivity contribution in [3.05, 3.63) is 54.4 Å². The quantitative estimate of drug-likeness (QED) is 0.254. The molecule has 0 unspecified atom stereocenters. The lowest BCUT2D eigenvalue weighted by molar-refractivity contribution is 0.917. The molecule has 0 bridgehead atoms. The zero-order valence-corrected chi connectivity index (χ0v) is 14.1. The molecule has 130 valence electrons. The SMILES string of the molecule is Cc1nc2c(-c3ccc(NN)c(N)c3)c(-c3ccccc3)nc(N)n2n1. The van der Waals surface area contributed by atoms with Crippen LogP contribution in [0.3, 0.4) is 0 Å². The van der Waals surface area contributed by atoms with E-state index in [1.165, 1.54) is 0 Å². The molecule has 26 heavy (non-hydrogen) atoms. The number of nitrogens with one attached hydrogen (secondary N) is 1. The van der Waals surface area contributed by atoms with E-state index in [4.69, 9.17) is 17.3 Å². The van der Waals surface area contributed by atoms with Gasteiger partial charge in [0.2, 0.25) is 5.95 Å². The molecule has 0 aliphatic heterocycles. The molecule has 2 aromatic carbocycles. The minimum Gasteiger partial charge on any atom is -0.397 e. The molecular weight excluding hydrogens is 328 g/mol. The number of nitrogens with two attached hydrogens (primary N) is 3. The fourth-order valence-electron chi connectivity index (χ4n) is 2.98. The average molecular weight is 346 g/mol. The molecule has 0 saturated heterocycles. The Balaban J connectivity index is 2.08. The van der Waals surface area contributed by atoms with Gasteiger partial charge >= 0.3 is 0 Å². The second-order valence-electron chi connectivity index (χ2n) is 5.90. The number of benzene rings is 2. The summed E-state index contributed by atoms with van der Waals surface area (Å²) in [6.45, 7) is 1.81. The van der Waals surface area contributed by atoms with E-state index < -0.39 is 0 Å². The first-order valence-electron chi connectivity index (χ1n) is 8.03. The molecule has 0 aliphatic carbocycles. The van der Waals surface area contributed by atoms with Crippen LogP contribution in [0.4, 0.5) is 17.3 Å². The highest BCUT2D eigenvalue weighted by Gasteiger charge is 2.19. The standard InChI is InChI=1S/C18H18N8/c1-10-22-17-15(12-7-8-14(24-21)13(19)9-12)16(11-5-3-2-4-6-11)23-18(20)26(17)25-10/h2-9,24H,19,21H2,1H3,(H2,20,23). The van der Waals surface area contributed by atoms with Crippen LogP contribution >= 0.6 is 0 Å². The smallest absolute Gasteiger partial charge is 0.223 e. The second kappa shape index (κ2) is 6.01. The number of hydrazine groups is 1. The van der Waals surface area contributed by atoms with Crippen molar-refractivity contribution in [3.63, 3.8) is 0 Å². The van der Waals surface area contributed by atoms with Crippen LogP contribution in [0.2, 0.25) is 0 Å². The summed E-state index contributed by atoms with van der Waals surface area (Å²) < 4.78 is 1.54. The van der Waals surface area contributed by atoms with Crippen molar-refractivity contribution in [1.82, 2.24) is 19.6 Å². The summed E-state index contributed by atoms with van der Waals surface area (Å²) >= 11 is 0. The molecular formula is C18H18N8.